The number of quaternary nitrogens is 1. The first-order valence-corrected chi connectivity index (χ1v) is 9.41. The fraction of sp³-hybridized carbons (Fsp3) is 0.294. The molecule has 3 rings (SSSR count). The van der Waals surface area contributed by atoms with Crippen molar-refractivity contribution in [3.63, 3.8) is 0 Å². The van der Waals surface area contributed by atoms with E-state index in [2.05, 4.69) is 21.1 Å². The minimum absolute atomic E-state index is 0.243. The standard InChI is InChI=1S/C17H20ClN2O3S/c1-20(2,3)13-9-11-14(12-10-13)23-16-17(19(16)18)24(21,22)15-7-5-4-6-8-15/h4-12,16-17H,1-3H3/q+1. The third-order valence-corrected chi connectivity index (χ3v) is 6.44. The average molecular weight is 368 g/mol. The summed E-state index contributed by atoms with van der Waals surface area (Å²) in [6.45, 7) is 0. The number of benzene rings is 2. The molecule has 0 bridgehead atoms. The van der Waals surface area contributed by atoms with E-state index in [-0.39, 0.29) is 4.90 Å². The van der Waals surface area contributed by atoms with Crippen molar-refractivity contribution in [3.05, 3.63) is 54.6 Å². The SMILES string of the molecule is C[N+](C)(C)c1ccc(OC2C(S(=O)(=O)c3ccccc3)N2Cl)cc1. The summed E-state index contributed by atoms with van der Waals surface area (Å²) in [5.74, 6) is 0.591. The molecule has 5 nitrogen and oxygen atoms in total. The van der Waals surface area contributed by atoms with Crippen molar-refractivity contribution >= 4 is 27.3 Å². The van der Waals surface area contributed by atoms with Crippen molar-refractivity contribution in [2.75, 3.05) is 21.1 Å². The predicted molar refractivity (Wildman–Crippen MR) is 95.5 cm³/mol. The van der Waals surface area contributed by atoms with E-state index in [4.69, 9.17) is 16.5 Å². The van der Waals surface area contributed by atoms with Gasteiger partial charge in [0.25, 0.3) is 0 Å². The summed E-state index contributed by atoms with van der Waals surface area (Å²) >= 11 is 6.03. The van der Waals surface area contributed by atoms with Crippen molar-refractivity contribution in [1.29, 1.82) is 0 Å². The van der Waals surface area contributed by atoms with E-state index in [1.54, 1.807) is 30.3 Å². The van der Waals surface area contributed by atoms with Gasteiger partial charge in [-0.25, -0.2) is 8.42 Å². The summed E-state index contributed by atoms with van der Waals surface area (Å²) in [5.41, 5.74) is 1.12. The van der Waals surface area contributed by atoms with Crippen molar-refractivity contribution in [1.82, 2.24) is 8.90 Å². The van der Waals surface area contributed by atoms with E-state index < -0.39 is 21.4 Å². The first-order valence-electron chi connectivity index (χ1n) is 7.53. The summed E-state index contributed by atoms with van der Waals surface area (Å²) in [6, 6.07) is 15.8. The van der Waals surface area contributed by atoms with Crippen molar-refractivity contribution in [3.8, 4) is 5.75 Å². The lowest BCUT2D eigenvalue weighted by molar-refractivity contribution is 0.270. The average Bonchev–Trinajstić information content (AvgIpc) is 3.18. The molecule has 24 heavy (non-hydrogen) atoms. The second-order valence-corrected chi connectivity index (χ2v) is 9.04. The van der Waals surface area contributed by atoms with Crippen LogP contribution < -0.4 is 9.22 Å². The summed E-state index contributed by atoms with van der Waals surface area (Å²) in [6.07, 6.45) is -0.688. The highest BCUT2D eigenvalue weighted by Gasteiger charge is 2.59. The van der Waals surface area contributed by atoms with E-state index in [0.29, 0.717) is 10.2 Å². The fourth-order valence-electron chi connectivity index (χ4n) is 2.42. The van der Waals surface area contributed by atoms with E-state index >= 15 is 0 Å². The van der Waals surface area contributed by atoms with Crippen molar-refractivity contribution in [2.45, 2.75) is 16.5 Å². The Hall–Kier alpha value is -1.60. The summed E-state index contributed by atoms with van der Waals surface area (Å²) in [4.78, 5) is 0.243. The lowest BCUT2D eigenvalue weighted by Crippen LogP contribution is -2.34. The summed E-state index contributed by atoms with van der Waals surface area (Å²) in [5, 5.41) is -0.875. The number of halogens is 1. The molecular weight excluding hydrogens is 348 g/mol. The molecule has 2 aromatic carbocycles. The van der Waals surface area contributed by atoms with Crippen LogP contribution in [0.5, 0.6) is 5.75 Å². The van der Waals surface area contributed by atoms with Crippen LogP contribution >= 0.6 is 11.8 Å². The molecule has 0 amide bonds. The van der Waals surface area contributed by atoms with Gasteiger partial charge in [0.05, 0.1) is 26.0 Å². The number of sulfone groups is 1. The number of ether oxygens (including phenoxy) is 1. The fourth-order valence-corrected chi connectivity index (χ4v) is 4.62. The topological polar surface area (TPSA) is 46.4 Å². The molecule has 1 fully saturated rings. The largest absolute Gasteiger partial charge is 0.471 e. The minimum Gasteiger partial charge on any atom is -0.471 e. The van der Waals surface area contributed by atoms with Gasteiger partial charge in [-0.1, -0.05) is 18.2 Å². The van der Waals surface area contributed by atoms with E-state index in [9.17, 15) is 8.42 Å². The maximum absolute atomic E-state index is 12.6. The van der Waals surface area contributed by atoms with Gasteiger partial charge in [0.1, 0.15) is 11.4 Å². The van der Waals surface area contributed by atoms with Crippen LogP contribution in [0.2, 0.25) is 0 Å². The molecule has 7 heteroatoms. The zero-order valence-corrected chi connectivity index (χ0v) is 15.3. The minimum atomic E-state index is -3.55. The summed E-state index contributed by atoms with van der Waals surface area (Å²) < 4.78 is 32.8. The molecule has 1 saturated heterocycles. The van der Waals surface area contributed by atoms with Gasteiger partial charge in [-0.15, -0.1) is 0 Å². The smallest absolute Gasteiger partial charge is 0.200 e. The third kappa shape index (κ3) is 3.28. The van der Waals surface area contributed by atoms with E-state index in [1.165, 1.54) is 4.42 Å². The molecule has 2 aromatic rings. The Kier molecular flexibility index (Phi) is 4.34. The second-order valence-electron chi connectivity index (χ2n) is 6.61. The quantitative estimate of drug-likeness (QED) is 0.463. The number of nitrogens with zero attached hydrogens (tertiary/aromatic N) is 2. The molecule has 0 aromatic heterocycles. The van der Waals surface area contributed by atoms with Crippen LogP contribution in [-0.2, 0) is 9.84 Å². The third-order valence-electron chi connectivity index (χ3n) is 3.90. The molecule has 0 spiro atoms. The van der Waals surface area contributed by atoms with Gasteiger partial charge in [0.2, 0.25) is 9.84 Å². The van der Waals surface area contributed by atoms with Crippen molar-refractivity contribution in [2.24, 2.45) is 0 Å². The first kappa shape index (κ1) is 17.2. The molecule has 0 N–H and O–H groups in total. The second kappa shape index (κ2) is 6.04. The molecule has 3 atom stereocenters. The highest BCUT2D eigenvalue weighted by molar-refractivity contribution is 7.92. The predicted octanol–water partition coefficient (Wildman–Crippen LogP) is 2.86. The van der Waals surface area contributed by atoms with Crippen LogP contribution in [0.3, 0.4) is 0 Å². The van der Waals surface area contributed by atoms with Crippen LogP contribution in [0.1, 0.15) is 0 Å². The Labute approximate surface area is 147 Å². The van der Waals surface area contributed by atoms with E-state index in [0.717, 1.165) is 5.69 Å². The van der Waals surface area contributed by atoms with E-state index in [1.807, 2.05) is 24.3 Å². The van der Waals surface area contributed by atoms with Crippen molar-refractivity contribution < 1.29 is 13.2 Å². The number of hydrogen-bond acceptors (Lipinski definition) is 4. The van der Waals surface area contributed by atoms with Gasteiger partial charge in [-0.05, 0) is 36.0 Å². The van der Waals surface area contributed by atoms with Crippen LogP contribution in [0.4, 0.5) is 5.69 Å². The van der Waals surface area contributed by atoms with Gasteiger partial charge in [0, 0.05) is 12.1 Å². The van der Waals surface area contributed by atoms with Gasteiger partial charge in [-0.2, -0.15) is 4.42 Å². The van der Waals surface area contributed by atoms with Gasteiger partial charge in [-0.3, -0.25) is 4.48 Å². The van der Waals surface area contributed by atoms with Crippen LogP contribution in [-0.4, -0.2) is 45.6 Å². The molecule has 0 saturated carbocycles. The van der Waals surface area contributed by atoms with Crippen LogP contribution in [0, 0.1) is 0 Å². The van der Waals surface area contributed by atoms with Gasteiger partial charge >= 0.3 is 0 Å². The zero-order chi connectivity index (χ0) is 17.5. The molecule has 1 aliphatic heterocycles. The zero-order valence-electron chi connectivity index (χ0n) is 13.8. The number of rotatable bonds is 5. The van der Waals surface area contributed by atoms with Crippen LogP contribution in [0.25, 0.3) is 0 Å². The highest BCUT2D eigenvalue weighted by Crippen LogP contribution is 2.40. The number of hydrogen-bond donors (Lipinski definition) is 0. The normalized spacial score (nSPS) is 23.8. The Morgan fingerprint density at radius 2 is 1.58 bits per heavy atom. The lowest BCUT2D eigenvalue weighted by Gasteiger charge is -2.23. The Morgan fingerprint density at radius 3 is 2.12 bits per heavy atom. The first-order chi connectivity index (χ1) is 11.2. The Bertz CT molecular complexity index is 817. The molecule has 1 aliphatic rings. The molecule has 3 unspecified atom stereocenters. The van der Waals surface area contributed by atoms with Gasteiger partial charge < -0.3 is 4.74 Å². The Balaban J connectivity index is 1.74. The van der Waals surface area contributed by atoms with Gasteiger partial charge in [0.15, 0.2) is 11.6 Å². The molecule has 1 heterocycles. The lowest BCUT2D eigenvalue weighted by atomic mass is 10.2. The maximum Gasteiger partial charge on any atom is 0.200 e. The van der Waals surface area contributed by atoms with Crippen LogP contribution in [0.15, 0.2) is 59.5 Å². The maximum atomic E-state index is 12.6. The monoisotopic (exact) mass is 367 g/mol. The Morgan fingerprint density at radius 1 is 1.00 bits per heavy atom. The molecule has 128 valence electrons. The highest BCUT2D eigenvalue weighted by atomic mass is 35.5. The summed E-state index contributed by atoms with van der Waals surface area (Å²) in [7, 11) is 2.66. The molecule has 0 radical (unpaired) electrons. The molecule has 0 aliphatic carbocycles. The molecular formula is C17H20ClN2O3S+.